The highest BCUT2D eigenvalue weighted by Gasteiger charge is 2.35. The molecule has 1 aromatic carbocycles. The van der Waals surface area contributed by atoms with Crippen LogP contribution in [0.4, 0.5) is 5.69 Å². The second kappa shape index (κ2) is 13.7. The van der Waals surface area contributed by atoms with Crippen LogP contribution in [0.3, 0.4) is 0 Å². The fraction of sp³-hybridized carbons (Fsp3) is 0.269. The zero-order chi connectivity index (χ0) is 32.3. The van der Waals surface area contributed by atoms with Gasteiger partial charge in [-0.1, -0.05) is 54.0 Å². The fourth-order valence-electron chi connectivity index (χ4n) is 4.25. The van der Waals surface area contributed by atoms with E-state index in [-0.39, 0.29) is 31.4 Å². The number of aliphatic carboxylic acids is 2. The molecule has 1 fully saturated rings. The van der Waals surface area contributed by atoms with Crippen molar-refractivity contribution in [3.05, 3.63) is 66.8 Å². The Labute approximate surface area is 268 Å². The minimum atomic E-state index is -4.40. The van der Waals surface area contributed by atoms with Crippen LogP contribution in [0.2, 0.25) is 0 Å². The number of aromatic nitrogens is 1. The largest absolute Gasteiger partial charge is 0.748 e. The molecule has 0 unspecified atom stereocenters. The van der Waals surface area contributed by atoms with Gasteiger partial charge in [0.25, 0.3) is 11.5 Å². The molecule has 2 aromatic rings. The number of anilines is 1. The number of thiocarbonyl (C=S) groups is 1. The first kappa shape index (κ1) is 33.5. The molecule has 2 N–H and O–H groups in total. The maximum Gasteiger partial charge on any atom is 0.323 e. The smallest absolute Gasteiger partial charge is 0.323 e. The van der Waals surface area contributed by atoms with E-state index < -0.39 is 52.4 Å². The molecule has 1 saturated heterocycles. The zero-order valence-electron chi connectivity index (χ0n) is 23.0. The van der Waals surface area contributed by atoms with E-state index in [1.165, 1.54) is 18.9 Å². The van der Waals surface area contributed by atoms with Crippen LogP contribution < -0.4 is 19.7 Å². The number of hydrogen-bond donors (Lipinski definition) is 2. The maximum atomic E-state index is 13.4. The van der Waals surface area contributed by atoms with E-state index in [0.717, 1.165) is 43.1 Å². The Morgan fingerprint density at radius 2 is 1.75 bits per heavy atom. The second-order valence-corrected chi connectivity index (χ2v) is 14.4. The lowest BCUT2D eigenvalue weighted by Crippen LogP contribution is -2.37. The number of carbonyl (C=O) groups excluding carboxylic acids is 1. The van der Waals surface area contributed by atoms with Gasteiger partial charge in [-0.3, -0.25) is 28.6 Å². The number of ether oxygens (including phenoxy) is 1. The summed E-state index contributed by atoms with van der Waals surface area (Å²) in [6, 6.07) is 7.43. The number of carboxylic acid groups (broad SMARTS) is 2. The van der Waals surface area contributed by atoms with Gasteiger partial charge in [0.1, 0.15) is 37.8 Å². The van der Waals surface area contributed by atoms with Gasteiger partial charge in [0.2, 0.25) is 0 Å². The van der Waals surface area contributed by atoms with E-state index in [4.69, 9.17) is 22.1 Å². The summed E-state index contributed by atoms with van der Waals surface area (Å²) in [4.78, 5) is 52.8. The van der Waals surface area contributed by atoms with Crippen LogP contribution in [0, 0.1) is 0 Å². The molecule has 0 saturated carbocycles. The minimum absolute atomic E-state index is 0.0268. The number of thiazole rings is 1. The number of fused-ring (bicyclic) bond motifs is 1. The van der Waals surface area contributed by atoms with Gasteiger partial charge in [0, 0.05) is 17.2 Å². The molecule has 1 aromatic heterocycles. The number of hydrogen-bond acceptors (Lipinski definition) is 13. The quantitative estimate of drug-likeness (QED) is 0.193. The first-order chi connectivity index (χ1) is 20.7. The van der Waals surface area contributed by atoms with Crippen LogP contribution in [0.1, 0.15) is 13.3 Å². The lowest BCUT2D eigenvalue weighted by molar-refractivity contribution is -0.140. The standard InChI is InChI=1S/C26H25N3O10S5/c1-14(8-9-16(39-2)24-27(10-5-11-44(36,37)38)15-6-3-4-7-17(15)41-24)20-22(34)28(12-18(30)31)25(42-20)21-23(35)29(13-19(32)33)26(40)43-21/h3-4,6-9H,5,10-13H2,1-2H3,(H,30,31)(H,32,33)(H,36,37,38)/p-1/b9-8?,20-14?,24-16?,25-21+. The van der Waals surface area contributed by atoms with E-state index in [0.29, 0.717) is 16.4 Å². The number of para-hydroxylation sites is 1. The molecule has 13 nitrogen and oxygen atoms in total. The molecule has 2 aliphatic rings. The SMILES string of the molecule is COC(C=CC(C)=c1s/c(=C2/SC(=S)N(CC(=O)O)C2=O)n(CC(=O)O)c1=O)=C1Sc2ccccc2N1CCCS(=O)(=O)[O-]. The van der Waals surface area contributed by atoms with E-state index in [1.807, 2.05) is 29.2 Å². The van der Waals surface area contributed by atoms with Gasteiger partial charge in [0.15, 0.2) is 0 Å². The molecule has 1 amide bonds. The van der Waals surface area contributed by atoms with Crippen molar-refractivity contribution in [1.82, 2.24) is 9.47 Å². The van der Waals surface area contributed by atoms with Gasteiger partial charge in [-0.2, -0.15) is 0 Å². The van der Waals surface area contributed by atoms with Crippen molar-refractivity contribution in [3.63, 3.8) is 0 Å². The Morgan fingerprint density at radius 1 is 1.07 bits per heavy atom. The Balaban J connectivity index is 1.79. The van der Waals surface area contributed by atoms with Gasteiger partial charge in [-0.15, -0.1) is 11.3 Å². The first-order valence-corrected chi connectivity index (χ1v) is 17.0. The highest BCUT2D eigenvalue weighted by molar-refractivity contribution is 8.30. The lowest BCUT2D eigenvalue weighted by Gasteiger charge is -2.22. The van der Waals surface area contributed by atoms with Gasteiger partial charge >= 0.3 is 11.9 Å². The molecule has 0 radical (unpaired) electrons. The van der Waals surface area contributed by atoms with Crippen molar-refractivity contribution < 1.29 is 42.3 Å². The summed E-state index contributed by atoms with van der Waals surface area (Å²) < 4.78 is 40.3. The van der Waals surface area contributed by atoms with E-state index in [1.54, 1.807) is 19.1 Å². The molecule has 0 spiro atoms. The average molecular weight is 699 g/mol. The highest BCUT2D eigenvalue weighted by Crippen LogP contribution is 2.47. The summed E-state index contributed by atoms with van der Waals surface area (Å²) in [7, 11) is -2.95. The third-order valence-electron chi connectivity index (χ3n) is 6.17. The number of amides is 1. The molecule has 2 aliphatic heterocycles. The predicted octanol–water partition coefficient (Wildman–Crippen LogP) is 1.14. The van der Waals surface area contributed by atoms with E-state index in [2.05, 4.69) is 0 Å². The number of carboxylic acids is 2. The number of carbonyl (C=O) groups is 3. The molecule has 18 heteroatoms. The molecule has 0 atom stereocenters. The van der Waals surface area contributed by atoms with E-state index >= 15 is 0 Å². The number of benzene rings is 1. The summed E-state index contributed by atoms with van der Waals surface area (Å²) in [6.45, 7) is 0.438. The van der Waals surface area contributed by atoms with E-state index in [9.17, 15) is 37.3 Å². The van der Waals surface area contributed by atoms with Crippen molar-refractivity contribution in [1.29, 1.82) is 0 Å². The monoisotopic (exact) mass is 698 g/mol. The van der Waals surface area contributed by atoms with Crippen LogP contribution in [0.5, 0.6) is 0 Å². The molecule has 0 bridgehead atoms. The second-order valence-electron chi connectivity index (χ2n) is 9.23. The Morgan fingerprint density at radius 3 is 2.39 bits per heavy atom. The third kappa shape index (κ3) is 7.44. The minimum Gasteiger partial charge on any atom is -0.748 e. The molecule has 234 valence electrons. The molecule has 3 heterocycles. The first-order valence-electron chi connectivity index (χ1n) is 12.6. The van der Waals surface area contributed by atoms with Crippen molar-refractivity contribution in [2.45, 2.75) is 24.8 Å². The number of thioether (sulfide) groups is 2. The van der Waals surface area contributed by atoms with Gasteiger partial charge in [0.05, 0.1) is 27.4 Å². The van der Waals surface area contributed by atoms with Crippen LogP contribution in [-0.2, 0) is 35.8 Å². The molecular weight excluding hydrogens is 675 g/mol. The highest BCUT2D eigenvalue weighted by atomic mass is 32.2. The predicted molar refractivity (Wildman–Crippen MR) is 169 cm³/mol. The van der Waals surface area contributed by atoms with Crippen molar-refractivity contribution in [3.8, 4) is 0 Å². The Kier molecular flexibility index (Phi) is 10.4. The van der Waals surface area contributed by atoms with Crippen LogP contribution in [-0.4, -0.2) is 80.8 Å². The molecule has 44 heavy (non-hydrogen) atoms. The van der Waals surface area contributed by atoms with Crippen LogP contribution >= 0.6 is 47.1 Å². The Bertz CT molecular complexity index is 1910. The number of rotatable bonds is 11. The summed E-state index contributed by atoms with van der Waals surface area (Å²) in [5, 5.41) is 19.2. The fourth-order valence-corrected chi connectivity index (χ4v) is 8.45. The van der Waals surface area contributed by atoms with Crippen molar-refractivity contribution in [2.75, 3.05) is 30.9 Å². The summed E-state index contributed by atoms with van der Waals surface area (Å²) >= 11 is 8.21. The molecule has 4 rings (SSSR count). The normalized spacial score (nSPS) is 18.2. The molecular formula is C26H24N3O10S5-. The van der Waals surface area contributed by atoms with Crippen molar-refractivity contribution in [2.24, 2.45) is 0 Å². The van der Waals surface area contributed by atoms with Gasteiger partial charge in [-0.25, -0.2) is 8.42 Å². The topological polar surface area (TPSA) is 187 Å². The van der Waals surface area contributed by atoms with Crippen molar-refractivity contribution >= 4 is 95.5 Å². The van der Waals surface area contributed by atoms with Crippen LogP contribution in [0.15, 0.2) is 56.9 Å². The third-order valence-corrected chi connectivity index (χ3v) is 11.0. The number of methoxy groups -OCH3 is 1. The van der Waals surface area contributed by atoms with Crippen LogP contribution in [0.25, 0.3) is 10.5 Å². The number of allylic oxidation sites excluding steroid dienone is 2. The summed E-state index contributed by atoms with van der Waals surface area (Å²) in [5.74, 6) is -3.50. The lowest BCUT2D eigenvalue weighted by atomic mass is 10.2. The van der Waals surface area contributed by atoms with Gasteiger partial charge in [-0.05, 0) is 37.1 Å². The molecule has 0 aliphatic carbocycles. The number of nitrogens with zero attached hydrogens (tertiary/aromatic N) is 3. The Hall–Kier alpha value is -3.42. The maximum absolute atomic E-state index is 13.4. The average Bonchev–Trinajstić information content (AvgIpc) is 3.55. The zero-order valence-corrected chi connectivity index (χ0v) is 27.1. The van der Waals surface area contributed by atoms with Gasteiger partial charge < -0.3 is 24.4 Å². The summed E-state index contributed by atoms with van der Waals surface area (Å²) in [5.41, 5.74) is 0.573. The summed E-state index contributed by atoms with van der Waals surface area (Å²) in [6.07, 6.45) is 3.28.